The summed E-state index contributed by atoms with van der Waals surface area (Å²) in [5, 5.41) is 13.1. The van der Waals surface area contributed by atoms with Gasteiger partial charge in [0.25, 0.3) is 0 Å². The highest BCUT2D eigenvalue weighted by molar-refractivity contribution is 5.89. The predicted octanol–water partition coefficient (Wildman–Crippen LogP) is 4.51. The Morgan fingerprint density at radius 2 is 1.69 bits per heavy atom. The van der Waals surface area contributed by atoms with Crippen LogP contribution in [0.25, 0.3) is 16.5 Å². The number of nitrogens with zero attached hydrogens (tertiary/aromatic N) is 2. The summed E-state index contributed by atoms with van der Waals surface area (Å²) in [5.74, 6) is -0.385. The molecule has 2 amide bonds. The topological polar surface area (TPSA) is 76.0 Å². The van der Waals surface area contributed by atoms with Gasteiger partial charge in [0.1, 0.15) is 6.04 Å². The molecule has 0 aliphatic heterocycles. The molecule has 1 unspecified atom stereocenters. The molecule has 36 heavy (non-hydrogen) atoms. The molecule has 5 rings (SSSR count). The monoisotopic (exact) mass is 480 g/mol. The summed E-state index contributed by atoms with van der Waals surface area (Å²) in [6.07, 6.45) is 3.30. The van der Waals surface area contributed by atoms with Gasteiger partial charge in [0.2, 0.25) is 11.8 Å². The molecular weight excluding hydrogens is 448 g/mol. The third-order valence-electron chi connectivity index (χ3n) is 6.89. The minimum absolute atomic E-state index is 0.0434. The van der Waals surface area contributed by atoms with Gasteiger partial charge in [-0.1, -0.05) is 74.5 Å². The lowest BCUT2D eigenvalue weighted by Crippen LogP contribution is -2.50. The van der Waals surface area contributed by atoms with Crippen molar-refractivity contribution in [3.63, 3.8) is 0 Å². The minimum atomic E-state index is -0.609. The zero-order valence-electron chi connectivity index (χ0n) is 20.8. The summed E-state index contributed by atoms with van der Waals surface area (Å²) < 4.78 is 2.01. The third-order valence-corrected chi connectivity index (χ3v) is 6.89. The Balaban J connectivity index is 1.24. The van der Waals surface area contributed by atoms with Crippen molar-refractivity contribution in [1.29, 1.82) is 0 Å². The number of carbonyl (C=O) groups excluding carboxylic acids is 2. The number of carbonyl (C=O) groups is 2. The number of nitrogens with one attached hydrogen (secondary N) is 2. The summed E-state index contributed by atoms with van der Waals surface area (Å²) >= 11 is 0. The molecule has 0 radical (unpaired) electrons. The van der Waals surface area contributed by atoms with Gasteiger partial charge in [0.15, 0.2) is 0 Å². The van der Waals surface area contributed by atoms with Gasteiger partial charge in [-0.2, -0.15) is 5.10 Å². The van der Waals surface area contributed by atoms with Crippen LogP contribution in [-0.4, -0.2) is 27.6 Å². The number of hydrogen-bond acceptors (Lipinski definition) is 3. The molecule has 0 saturated carbocycles. The quantitative estimate of drug-likeness (QED) is 0.390. The second-order valence-corrected chi connectivity index (χ2v) is 9.84. The van der Waals surface area contributed by atoms with E-state index >= 15 is 0 Å². The van der Waals surface area contributed by atoms with E-state index in [4.69, 9.17) is 5.10 Å². The molecule has 1 aliphatic rings. The van der Waals surface area contributed by atoms with Gasteiger partial charge in [-0.05, 0) is 59.2 Å². The molecule has 0 bridgehead atoms. The van der Waals surface area contributed by atoms with Crippen LogP contribution in [0, 0.1) is 5.92 Å². The Bertz CT molecular complexity index is 1390. The highest BCUT2D eigenvalue weighted by Crippen LogP contribution is 2.27. The van der Waals surface area contributed by atoms with Gasteiger partial charge in [-0.3, -0.25) is 9.59 Å². The molecule has 0 fully saturated rings. The van der Waals surface area contributed by atoms with Crippen molar-refractivity contribution >= 4 is 22.6 Å². The second kappa shape index (κ2) is 10.4. The molecule has 6 nitrogen and oxygen atoms in total. The largest absolute Gasteiger partial charge is 0.349 e. The number of fused-ring (bicyclic) bond motifs is 2. The van der Waals surface area contributed by atoms with Gasteiger partial charge >= 0.3 is 0 Å². The first-order valence-corrected chi connectivity index (χ1v) is 12.7. The predicted molar refractivity (Wildman–Crippen MR) is 142 cm³/mol. The molecule has 6 heteroatoms. The molecule has 184 valence electrons. The molecule has 1 aliphatic carbocycles. The molecule has 0 spiro atoms. The fourth-order valence-electron chi connectivity index (χ4n) is 5.01. The first-order chi connectivity index (χ1) is 17.5. The minimum Gasteiger partial charge on any atom is -0.349 e. The van der Waals surface area contributed by atoms with E-state index in [2.05, 4.69) is 16.7 Å². The lowest BCUT2D eigenvalue weighted by Gasteiger charge is -2.21. The van der Waals surface area contributed by atoms with E-state index in [0.29, 0.717) is 6.54 Å². The van der Waals surface area contributed by atoms with E-state index < -0.39 is 6.04 Å². The molecule has 0 saturated heterocycles. The highest BCUT2D eigenvalue weighted by Gasteiger charge is 2.27. The molecule has 2 N–H and O–H groups in total. The Morgan fingerprint density at radius 3 is 2.47 bits per heavy atom. The zero-order valence-corrected chi connectivity index (χ0v) is 20.8. The zero-order chi connectivity index (χ0) is 25.1. The summed E-state index contributed by atoms with van der Waals surface area (Å²) in [6, 6.07) is 23.6. The number of para-hydroxylation sites is 1. The van der Waals surface area contributed by atoms with Crippen molar-refractivity contribution in [2.24, 2.45) is 5.92 Å². The first-order valence-electron chi connectivity index (χ1n) is 12.7. The molecule has 1 aromatic heterocycles. The summed E-state index contributed by atoms with van der Waals surface area (Å²) in [7, 11) is 0. The van der Waals surface area contributed by atoms with Gasteiger partial charge in [-0.25, -0.2) is 4.68 Å². The fraction of sp³-hybridized carbons (Fsp3) is 0.300. The molecular formula is C30H32N4O2. The summed E-state index contributed by atoms with van der Waals surface area (Å²) in [5.41, 5.74) is 5.34. The lowest BCUT2D eigenvalue weighted by molar-refractivity contribution is -0.129. The van der Waals surface area contributed by atoms with Gasteiger partial charge in [0, 0.05) is 5.69 Å². The average Bonchev–Trinajstić information content (AvgIpc) is 3.49. The van der Waals surface area contributed by atoms with E-state index in [1.807, 2.05) is 85.3 Å². The standard InChI is InChI=1S/C30H32N4O2/c1-20(2)29(32-28(35)18-21-15-16-22-9-6-7-10-23(22)17-21)30(36)31-19-26-25-13-8-14-27(25)34(33-26)24-11-4-3-5-12-24/h3-7,9-12,15-17,20,29H,8,13-14,18-19H2,1-2H3,(H,31,36)(H,32,35). The van der Waals surface area contributed by atoms with E-state index in [-0.39, 0.29) is 24.2 Å². The molecule has 4 aromatic rings. The number of benzene rings is 3. The third kappa shape index (κ3) is 5.03. The maximum absolute atomic E-state index is 13.1. The van der Waals surface area contributed by atoms with Crippen LogP contribution in [0.4, 0.5) is 0 Å². The van der Waals surface area contributed by atoms with Crippen LogP contribution < -0.4 is 10.6 Å². The maximum Gasteiger partial charge on any atom is 0.243 e. The fourth-order valence-corrected chi connectivity index (χ4v) is 5.01. The number of rotatable bonds is 8. The Kier molecular flexibility index (Phi) is 6.85. The van der Waals surface area contributed by atoms with Crippen LogP contribution in [0.1, 0.15) is 42.8 Å². The average molecular weight is 481 g/mol. The smallest absolute Gasteiger partial charge is 0.243 e. The highest BCUT2D eigenvalue weighted by atomic mass is 16.2. The number of amides is 2. The summed E-state index contributed by atoms with van der Waals surface area (Å²) in [6.45, 7) is 4.25. The number of hydrogen-bond donors (Lipinski definition) is 2. The van der Waals surface area contributed by atoms with Crippen molar-refractivity contribution in [2.75, 3.05) is 0 Å². The summed E-state index contributed by atoms with van der Waals surface area (Å²) in [4.78, 5) is 26.0. The van der Waals surface area contributed by atoms with Crippen molar-refractivity contribution in [1.82, 2.24) is 20.4 Å². The van der Waals surface area contributed by atoms with Gasteiger partial charge < -0.3 is 10.6 Å². The van der Waals surface area contributed by atoms with Crippen molar-refractivity contribution in [3.05, 3.63) is 95.3 Å². The molecule has 1 heterocycles. The van der Waals surface area contributed by atoms with Gasteiger partial charge in [0.05, 0.1) is 24.3 Å². The SMILES string of the molecule is CC(C)C(NC(=O)Cc1ccc2ccccc2c1)C(=O)NCc1nn(-c2ccccc2)c2c1CCC2. The normalized spacial score (nSPS) is 13.5. The van der Waals surface area contributed by atoms with Crippen molar-refractivity contribution < 1.29 is 9.59 Å². The lowest BCUT2D eigenvalue weighted by atomic mass is 10.0. The van der Waals surface area contributed by atoms with E-state index in [1.165, 1.54) is 11.3 Å². The van der Waals surface area contributed by atoms with Crippen molar-refractivity contribution in [3.8, 4) is 5.69 Å². The van der Waals surface area contributed by atoms with E-state index in [0.717, 1.165) is 47.0 Å². The van der Waals surface area contributed by atoms with E-state index in [1.54, 1.807) is 0 Å². The van der Waals surface area contributed by atoms with E-state index in [9.17, 15) is 9.59 Å². The van der Waals surface area contributed by atoms with Crippen LogP contribution in [0.5, 0.6) is 0 Å². The second-order valence-electron chi connectivity index (χ2n) is 9.84. The van der Waals surface area contributed by atoms with Crippen molar-refractivity contribution in [2.45, 2.75) is 52.1 Å². The first kappa shape index (κ1) is 23.8. The van der Waals surface area contributed by atoms with Crippen LogP contribution in [0.3, 0.4) is 0 Å². The maximum atomic E-state index is 13.1. The Hall–Kier alpha value is -3.93. The van der Waals surface area contributed by atoms with Gasteiger partial charge in [-0.15, -0.1) is 0 Å². The number of aromatic nitrogens is 2. The Labute approximate surface area is 211 Å². The molecule has 1 atom stereocenters. The van der Waals surface area contributed by atoms with Crippen LogP contribution in [0.15, 0.2) is 72.8 Å². The van der Waals surface area contributed by atoms with Crippen LogP contribution in [-0.2, 0) is 35.4 Å². The van der Waals surface area contributed by atoms with Crippen LogP contribution >= 0.6 is 0 Å². The molecule has 3 aromatic carbocycles. The Morgan fingerprint density at radius 1 is 0.944 bits per heavy atom. The van der Waals surface area contributed by atoms with Crippen LogP contribution in [0.2, 0.25) is 0 Å².